The maximum atomic E-state index is 13.0. The van der Waals surface area contributed by atoms with Crippen molar-refractivity contribution in [2.45, 2.75) is 6.42 Å². The van der Waals surface area contributed by atoms with Gasteiger partial charge in [0.05, 0.1) is 48.5 Å². The molecule has 0 bridgehead atoms. The molecule has 11 nitrogen and oxygen atoms in total. The molecule has 0 aliphatic carbocycles. The molecule has 2 fully saturated rings. The van der Waals surface area contributed by atoms with E-state index in [4.69, 9.17) is 19.4 Å². The van der Waals surface area contributed by atoms with Crippen molar-refractivity contribution in [2.24, 2.45) is 0 Å². The molecule has 2 aliphatic heterocycles. The Labute approximate surface area is 276 Å². The normalized spacial score (nSPS) is 15.2. The Morgan fingerprint density at radius 3 is 1.69 bits per heavy atom. The fraction of sp³-hybridized carbons (Fsp3) is 0.243. The number of ketones is 1. The van der Waals surface area contributed by atoms with E-state index in [2.05, 4.69) is 73.6 Å². The Balaban J connectivity index is 0.908. The lowest BCUT2D eigenvalue weighted by atomic mass is 10.1. The van der Waals surface area contributed by atoms with Crippen molar-refractivity contribution in [3.05, 3.63) is 90.5 Å². The molecule has 0 atom stereocenters. The van der Waals surface area contributed by atoms with Gasteiger partial charge < -0.3 is 34.6 Å². The molecule has 3 N–H and O–H groups in total. The monoisotopic (exact) mass is 641 g/mol. The van der Waals surface area contributed by atoms with Gasteiger partial charge in [0.1, 0.15) is 11.6 Å². The van der Waals surface area contributed by atoms with E-state index in [0.717, 1.165) is 114 Å². The SMILES string of the molecule is O=C(Cc1ccc2nc(-c3ccc(N4CCOCC4)cc3)[nH]c2c1)C(=O)Nc1ccc2nc(-c3ccc(N4CCOCC4)cc3)[nH]c2c1. The quantitative estimate of drug-likeness (QED) is 0.194. The Morgan fingerprint density at radius 1 is 0.646 bits per heavy atom. The molecular weight excluding hydrogens is 606 g/mol. The lowest BCUT2D eigenvalue weighted by Crippen LogP contribution is -2.36. The van der Waals surface area contributed by atoms with E-state index in [9.17, 15) is 9.59 Å². The highest BCUT2D eigenvalue weighted by Crippen LogP contribution is 2.27. The third-order valence-electron chi connectivity index (χ3n) is 8.94. The summed E-state index contributed by atoms with van der Waals surface area (Å²) < 4.78 is 10.9. The molecule has 48 heavy (non-hydrogen) atoms. The van der Waals surface area contributed by atoms with Crippen LogP contribution >= 0.6 is 0 Å². The Hall–Kier alpha value is -5.52. The molecule has 0 spiro atoms. The summed E-state index contributed by atoms with van der Waals surface area (Å²) in [5.74, 6) is 0.291. The number of rotatable bonds is 8. The molecule has 242 valence electrons. The van der Waals surface area contributed by atoms with Crippen LogP contribution in [0.3, 0.4) is 0 Å². The number of carbonyl (C=O) groups is 2. The second kappa shape index (κ2) is 12.9. The molecule has 2 aromatic heterocycles. The number of nitrogens with one attached hydrogen (secondary N) is 3. The standard InChI is InChI=1S/C37H35N7O4/c45-34(22-24-1-11-30-32(21-24)41-35(39-30)25-2-7-28(8-3-25)43-13-17-47-18-14-43)37(46)38-27-6-12-31-33(23-27)42-36(40-31)26-4-9-29(10-5-26)44-15-19-48-20-16-44/h1-12,21,23H,13-20,22H2,(H,38,46)(H,39,41)(H,40,42). The first kappa shape index (κ1) is 29.9. The zero-order valence-electron chi connectivity index (χ0n) is 26.4. The number of anilines is 3. The predicted octanol–water partition coefficient (Wildman–Crippen LogP) is 5.20. The molecule has 2 aliphatic rings. The van der Waals surface area contributed by atoms with Gasteiger partial charge in [-0.2, -0.15) is 0 Å². The third kappa shape index (κ3) is 6.25. The number of fused-ring (bicyclic) bond motifs is 2. The fourth-order valence-electron chi connectivity index (χ4n) is 6.30. The zero-order chi connectivity index (χ0) is 32.5. The molecule has 11 heteroatoms. The van der Waals surface area contributed by atoms with Crippen molar-refractivity contribution >= 4 is 50.8 Å². The van der Waals surface area contributed by atoms with Gasteiger partial charge in [0.25, 0.3) is 5.91 Å². The number of hydrogen-bond donors (Lipinski definition) is 3. The number of benzene rings is 4. The third-order valence-corrected chi connectivity index (χ3v) is 8.94. The second-order valence-corrected chi connectivity index (χ2v) is 12.1. The van der Waals surface area contributed by atoms with E-state index in [-0.39, 0.29) is 6.42 Å². The number of H-pyrrole nitrogens is 2. The maximum Gasteiger partial charge on any atom is 0.292 e. The van der Waals surface area contributed by atoms with Crippen molar-refractivity contribution < 1.29 is 19.1 Å². The van der Waals surface area contributed by atoms with Crippen LogP contribution in [0, 0.1) is 0 Å². The van der Waals surface area contributed by atoms with Gasteiger partial charge in [-0.25, -0.2) is 9.97 Å². The van der Waals surface area contributed by atoms with Crippen molar-refractivity contribution in [1.29, 1.82) is 0 Å². The number of carbonyl (C=O) groups excluding carboxylic acids is 2. The average molecular weight is 642 g/mol. The Morgan fingerprint density at radius 2 is 1.15 bits per heavy atom. The molecule has 0 saturated carbocycles. The molecule has 0 radical (unpaired) electrons. The minimum atomic E-state index is -0.668. The van der Waals surface area contributed by atoms with Gasteiger partial charge in [-0.1, -0.05) is 6.07 Å². The average Bonchev–Trinajstić information content (AvgIpc) is 3.77. The first-order valence-electron chi connectivity index (χ1n) is 16.2. The first-order valence-corrected chi connectivity index (χ1v) is 16.2. The summed E-state index contributed by atoms with van der Waals surface area (Å²) in [6.07, 6.45) is -0.0265. The van der Waals surface area contributed by atoms with Crippen LogP contribution in [-0.2, 0) is 25.5 Å². The van der Waals surface area contributed by atoms with Gasteiger partial charge in [0, 0.05) is 60.8 Å². The first-order chi connectivity index (χ1) is 23.6. The van der Waals surface area contributed by atoms with Crippen LogP contribution < -0.4 is 15.1 Å². The number of ether oxygens (including phenoxy) is 2. The minimum absolute atomic E-state index is 0.0265. The highest BCUT2D eigenvalue weighted by atomic mass is 16.5. The number of morpholine rings is 2. The minimum Gasteiger partial charge on any atom is -0.378 e. The highest BCUT2D eigenvalue weighted by Gasteiger charge is 2.18. The van der Waals surface area contributed by atoms with E-state index >= 15 is 0 Å². The number of aromatic nitrogens is 4. The van der Waals surface area contributed by atoms with Crippen LogP contribution in [0.25, 0.3) is 44.8 Å². The van der Waals surface area contributed by atoms with Crippen molar-refractivity contribution in [3.63, 3.8) is 0 Å². The molecule has 0 unspecified atom stereocenters. The molecular formula is C37H35N7O4. The fourth-order valence-corrected chi connectivity index (χ4v) is 6.30. The highest BCUT2D eigenvalue weighted by molar-refractivity contribution is 6.41. The zero-order valence-corrected chi connectivity index (χ0v) is 26.4. The lowest BCUT2D eigenvalue weighted by Gasteiger charge is -2.28. The predicted molar refractivity (Wildman–Crippen MR) is 186 cm³/mol. The molecule has 8 rings (SSSR count). The summed E-state index contributed by atoms with van der Waals surface area (Å²) in [5.41, 5.74) is 8.66. The summed E-state index contributed by atoms with van der Waals surface area (Å²) in [6, 6.07) is 27.6. The number of aromatic amines is 2. The summed E-state index contributed by atoms with van der Waals surface area (Å²) >= 11 is 0. The van der Waals surface area contributed by atoms with Gasteiger partial charge in [0.15, 0.2) is 0 Å². The smallest absolute Gasteiger partial charge is 0.292 e. The number of hydrogen-bond acceptors (Lipinski definition) is 8. The van der Waals surface area contributed by atoms with Crippen LogP contribution in [0.5, 0.6) is 0 Å². The maximum absolute atomic E-state index is 13.0. The van der Waals surface area contributed by atoms with Gasteiger partial charge in [-0.05, 0) is 84.4 Å². The van der Waals surface area contributed by atoms with E-state index < -0.39 is 11.7 Å². The van der Waals surface area contributed by atoms with Gasteiger partial charge in [-0.3, -0.25) is 9.59 Å². The van der Waals surface area contributed by atoms with Crippen LogP contribution in [0.1, 0.15) is 5.56 Å². The molecule has 4 heterocycles. The van der Waals surface area contributed by atoms with Gasteiger partial charge in [0.2, 0.25) is 5.78 Å². The largest absolute Gasteiger partial charge is 0.378 e. The summed E-state index contributed by atoms with van der Waals surface area (Å²) in [7, 11) is 0. The molecule has 1 amide bonds. The van der Waals surface area contributed by atoms with Crippen LogP contribution in [0.4, 0.5) is 17.1 Å². The summed E-state index contributed by atoms with van der Waals surface area (Å²) in [6.45, 7) is 6.50. The van der Waals surface area contributed by atoms with Crippen molar-refractivity contribution in [2.75, 3.05) is 67.7 Å². The van der Waals surface area contributed by atoms with E-state index in [0.29, 0.717) is 5.69 Å². The van der Waals surface area contributed by atoms with Crippen molar-refractivity contribution in [3.8, 4) is 22.8 Å². The number of Topliss-reactive ketones (excluding diaryl/α,β-unsaturated/α-hetero) is 1. The molecule has 4 aromatic carbocycles. The topological polar surface area (TPSA) is 128 Å². The number of nitrogens with zero attached hydrogens (tertiary/aromatic N) is 4. The lowest BCUT2D eigenvalue weighted by molar-refractivity contribution is -0.134. The number of amides is 1. The van der Waals surface area contributed by atoms with Crippen LogP contribution in [0.15, 0.2) is 84.9 Å². The number of imidazole rings is 2. The van der Waals surface area contributed by atoms with Crippen LogP contribution in [-0.4, -0.2) is 84.2 Å². The van der Waals surface area contributed by atoms with Gasteiger partial charge in [-0.15, -0.1) is 0 Å². The molecule has 2 saturated heterocycles. The van der Waals surface area contributed by atoms with E-state index in [1.165, 1.54) is 0 Å². The summed E-state index contributed by atoms with van der Waals surface area (Å²) in [5, 5.41) is 2.76. The summed E-state index contributed by atoms with van der Waals surface area (Å²) in [4.78, 5) is 46.7. The van der Waals surface area contributed by atoms with E-state index in [1.807, 2.05) is 24.3 Å². The Kier molecular flexibility index (Phi) is 8.05. The Bertz CT molecular complexity index is 1940. The van der Waals surface area contributed by atoms with Crippen molar-refractivity contribution in [1.82, 2.24) is 19.9 Å². The van der Waals surface area contributed by atoms with Gasteiger partial charge >= 0.3 is 0 Å². The van der Waals surface area contributed by atoms with Crippen LogP contribution in [0.2, 0.25) is 0 Å². The second-order valence-electron chi connectivity index (χ2n) is 12.1. The van der Waals surface area contributed by atoms with E-state index in [1.54, 1.807) is 12.1 Å². The molecule has 6 aromatic rings.